The lowest BCUT2D eigenvalue weighted by Crippen LogP contribution is -2.39. The number of benzene rings is 1. The highest BCUT2D eigenvalue weighted by Gasteiger charge is 2.30. The summed E-state index contributed by atoms with van der Waals surface area (Å²) >= 11 is 0. The molecule has 3 aromatic heterocycles. The van der Waals surface area contributed by atoms with Crippen LogP contribution in [0.15, 0.2) is 54.7 Å². The second-order valence-corrected chi connectivity index (χ2v) is 8.40. The zero-order valence-electron chi connectivity index (χ0n) is 18.7. The molecule has 0 aliphatic carbocycles. The molecule has 4 heterocycles. The molecule has 4 aromatic rings. The molecule has 0 unspecified atom stereocenters. The van der Waals surface area contributed by atoms with E-state index < -0.39 is 0 Å². The molecule has 1 fully saturated rings. The fraction of sp³-hybridized carbons (Fsp3) is 0.320. The largest absolute Gasteiger partial charge is 0.497 e. The van der Waals surface area contributed by atoms with E-state index in [1.807, 2.05) is 77.9 Å². The molecule has 32 heavy (non-hydrogen) atoms. The molecular formula is C25H27N5O2. The van der Waals surface area contributed by atoms with Gasteiger partial charge >= 0.3 is 0 Å². The minimum absolute atomic E-state index is 0.0800. The maximum absolute atomic E-state index is 13.5. The summed E-state index contributed by atoms with van der Waals surface area (Å²) in [5, 5.41) is 8.73. The minimum atomic E-state index is 0.0800. The molecule has 5 rings (SSSR count). The van der Waals surface area contributed by atoms with Crippen LogP contribution in [-0.4, -0.2) is 50.2 Å². The van der Waals surface area contributed by atoms with Crippen LogP contribution in [0.5, 0.6) is 5.75 Å². The second kappa shape index (κ2) is 8.15. The van der Waals surface area contributed by atoms with Crippen LogP contribution in [0.4, 0.5) is 0 Å². The number of nitrogens with zero attached hydrogens (tertiary/aromatic N) is 5. The molecule has 1 amide bonds. The Labute approximate surface area is 187 Å². The van der Waals surface area contributed by atoms with Crippen LogP contribution in [-0.2, 0) is 0 Å². The van der Waals surface area contributed by atoms with Gasteiger partial charge in [-0.1, -0.05) is 6.07 Å². The quantitative estimate of drug-likeness (QED) is 0.489. The van der Waals surface area contributed by atoms with Gasteiger partial charge in [0.15, 0.2) is 5.65 Å². The third-order valence-corrected chi connectivity index (χ3v) is 6.41. The number of likely N-dealkylation sites (tertiary alicyclic amines) is 1. The van der Waals surface area contributed by atoms with E-state index >= 15 is 0 Å². The molecule has 7 heteroatoms. The molecule has 0 radical (unpaired) electrons. The standard InChI is InChI=1S/C25H27N5O2/c1-17-15-22(18(2)30(17)20-9-11-21(32-3)12-10-20)25(31)28-13-6-7-19(16-28)24-27-26-23-8-4-5-14-29(23)24/h4-5,8-12,14-15,19H,6-7,13,16H2,1-3H3/t19-/m1/s1. The number of fused-ring (bicyclic) bond motifs is 1. The first-order valence-electron chi connectivity index (χ1n) is 11.0. The predicted octanol–water partition coefficient (Wildman–Crippen LogP) is 4.17. The summed E-state index contributed by atoms with van der Waals surface area (Å²) in [5.74, 6) is 2.00. The molecule has 7 nitrogen and oxygen atoms in total. The number of rotatable bonds is 4. The number of piperidine rings is 1. The minimum Gasteiger partial charge on any atom is -0.497 e. The van der Waals surface area contributed by atoms with Crippen molar-refractivity contribution in [3.8, 4) is 11.4 Å². The van der Waals surface area contributed by atoms with E-state index in [4.69, 9.17) is 4.74 Å². The van der Waals surface area contributed by atoms with Crippen molar-refractivity contribution in [1.82, 2.24) is 24.1 Å². The van der Waals surface area contributed by atoms with E-state index in [0.29, 0.717) is 6.54 Å². The number of methoxy groups -OCH3 is 1. The van der Waals surface area contributed by atoms with Gasteiger partial charge in [-0.25, -0.2) is 0 Å². The number of amides is 1. The van der Waals surface area contributed by atoms with Gasteiger partial charge in [-0.2, -0.15) is 0 Å². The fourth-order valence-corrected chi connectivity index (χ4v) is 4.79. The van der Waals surface area contributed by atoms with Gasteiger partial charge in [-0.15, -0.1) is 10.2 Å². The lowest BCUT2D eigenvalue weighted by Gasteiger charge is -2.32. The van der Waals surface area contributed by atoms with Gasteiger partial charge < -0.3 is 14.2 Å². The zero-order chi connectivity index (χ0) is 22.2. The Morgan fingerprint density at radius 1 is 1.09 bits per heavy atom. The van der Waals surface area contributed by atoms with Crippen molar-refractivity contribution in [3.63, 3.8) is 0 Å². The van der Waals surface area contributed by atoms with Crippen molar-refractivity contribution in [1.29, 1.82) is 0 Å². The summed E-state index contributed by atoms with van der Waals surface area (Å²) in [6.07, 6.45) is 3.95. The van der Waals surface area contributed by atoms with E-state index in [0.717, 1.165) is 59.2 Å². The Hall–Kier alpha value is -3.61. The molecular weight excluding hydrogens is 402 g/mol. The van der Waals surface area contributed by atoms with Gasteiger partial charge in [-0.3, -0.25) is 9.20 Å². The average molecular weight is 430 g/mol. The third-order valence-electron chi connectivity index (χ3n) is 6.41. The normalized spacial score (nSPS) is 16.5. The van der Waals surface area contributed by atoms with Crippen molar-refractivity contribution in [3.05, 3.63) is 77.5 Å². The number of hydrogen-bond acceptors (Lipinski definition) is 4. The summed E-state index contributed by atoms with van der Waals surface area (Å²) in [7, 11) is 1.66. The van der Waals surface area contributed by atoms with Crippen LogP contribution in [0.2, 0.25) is 0 Å². The lowest BCUT2D eigenvalue weighted by molar-refractivity contribution is 0.0703. The highest BCUT2D eigenvalue weighted by molar-refractivity contribution is 5.96. The predicted molar refractivity (Wildman–Crippen MR) is 123 cm³/mol. The van der Waals surface area contributed by atoms with Gasteiger partial charge in [-0.05, 0) is 69.2 Å². The molecule has 1 aliphatic heterocycles. The Morgan fingerprint density at radius 3 is 2.69 bits per heavy atom. The molecule has 0 spiro atoms. The number of carbonyl (C=O) groups excluding carboxylic acids is 1. The van der Waals surface area contributed by atoms with Crippen LogP contribution in [0.25, 0.3) is 11.3 Å². The van der Waals surface area contributed by atoms with Crippen LogP contribution in [0, 0.1) is 13.8 Å². The van der Waals surface area contributed by atoms with Crippen LogP contribution >= 0.6 is 0 Å². The van der Waals surface area contributed by atoms with Gasteiger partial charge in [0.05, 0.1) is 12.7 Å². The highest BCUT2D eigenvalue weighted by atomic mass is 16.5. The van der Waals surface area contributed by atoms with Crippen molar-refractivity contribution >= 4 is 11.6 Å². The second-order valence-electron chi connectivity index (χ2n) is 8.40. The van der Waals surface area contributed by atoms with Crippen molar-refractivity contribution in [2.75, 3.05) is 20.2 Å². The molecule has 1 aromatic carbocycles. The van der Waals surface area contributed by atoms with E-state index in [9.17, 15) is 4.79 Å². The SMILES string of the molecule is COc1ccc(-n2c(C)cc(C(=O)N3CCC[C@@H](c4nnc5ccccn45)C3)c2C)cc1. The van der Waals surface area contributed by atoms with Crippen LogP contribution in [0.3, 0.4) is 0 Å². The zero-order valence-corrected chi connectivity index (χ0v) is 18.7. The summed E-state index contributed by atoms with van der Waals surface area (Å²) in [6.45, 7) is 5.46. The average Bonchev–Trinajstić information content (AvgIpc) is 3.39. The van der Waals surface area contributed by atoms with Crippen LogP contribution in [0.1, 0.15) is 46.3 Å². The van der Waals surface area contributed by atoms with Crippen molar-refractivity contribution < 1.29 is 9.53 Å². The van der Waals surface area contributed by atoms with Crippen molar-refractivity contribution in [2.45, 2.75) is 32.6 Å². The third kappa shape index (κ3) is 3.43. The first-order chi connectivity index (χ1) is 15.6. The molecule has 0 saturated carbocycles. The van der Waals surface area contributed by atoms with E-state index in [1.165, 1.54) is 0 Å². The topological polar surface area (TPSA) is 64.7 Å². The number of ether oxygens (including phenoxy) is 1. The summed E-state index contributed by atoms with van der Waals surface area (Å²) in [6, 6.07) is 15.8. The molecule has 1 atom stereocenters. The van der Waals surface area contributed by atoms with Gasteiger partial charge in [0.2, 0.25) is 0 Å². The summed E-state index contributed by atoms with van der Waals surface area (Å²) in [5.41, 5.74) is 4.60. The molecule has 0 N–H and O–H groups in total. The number of aryl methyl sites for hydroxylation is 1. The van der Waals surface area contributed by atoms with E-state index in [2.05, 4.69) is 14.8 Å². The maximum atomic E-state index is 13.5. The van der Waals surface area contributed by atoms with Crippen LogP contribution < -0.4 is 4.74 Å². The van der Waals surface area contributed by atoms with Gasteiger partial charge in [0.1, 0.15) is 11.6 Å². The number of pyridine rings is 1. The number of hydrogen-bond donors (Lipinski definition) is 0. The summed E-state index contributed by atoms with van der Waals surface area (Å²) in [4.78, 5) is 15.5. The molecule has 0 bridgehead atoms. The Kier molecular flexibility index (Phi) is 5.17. The monoisotopic (exact) mass is 429 g/mol. The highest BCUT2D eigenvalue weighted by Crippen LogP contribution is 2.29. The summed E-state index contributed by atoms with van der Waals surface area (Å²) < 4.78 is 9.44. The van der Waals surface area contributed by atoms with Gasteiger partial charge in [0.25, 0.3) is 5.91 Å². The first-order valence-corrected chi connectivity index (χ1v) is 11.0. The number of aromatic nitrogens is 4. The Balaban J connectivity index is 1.41. The van der Waals surface area contributed by atoms with Crippen molar-refractivity contribution in [2.24, 2.45) is 0 Å². The first kappa shape index (κ1) is 20.3. The van der Waals surface area contributed by atoms with E-state index in [1.54, 1.807) is 7.11 Å². The fourth-order valence-electron chi connectivity index (χ4n) is 4.79. The molecule has 1 saturated heterocycles. The maximum Gasteiger partial charge on any atom is 0.255 e. The smallest absolute Gasteiger partial charge is 0.255 e. The Morgan fingerprint density at radius 2 is 1.91 bits per heavy atom. The number of carbonyl (C=O) groups is 1. The molecule has 164 valence electrons. The van der Waals surface area contributed by atoms with Gasteiger partial charge in [0, 0.05) is 42.3 Å². The molecule has 1 aliphatic rings. The van der Waals surface area contributed by atoms with E-state index in [-0.39, 0.29) is 11.8 Å². The Bertz CT molecular complexity index is 1270. The lowest BCUT2D eigenvalue weighted by atomic mass is 9.96.